The van der Waals surface area contributed by atoms with Gasteiger partial charge in [-0.05, 0) is 31.5 Å². The molecule has 0 atom stereocenters. The molecule has 1 heterocycles. The molecule has 0 aliphatic carbocycles. The first-order valence-electron chi connectivity index (χ1n) is 7.50. The number of nitrogens with one attached hydrogen (secondary N) is 1. The predicted octanol–water partition coefficient (Wildman–Crippen LogP) is 4.77. The second kappa shape index (κ2) is 7.07. The van der Waals surface area contributed by atoms with Crippen molar-refractivity contribution in [1.29, 1.82) is 5.26 Å². The van der Waals surface area contributed by atoms with E-state index in [0.29, 0.717) is 5.01 Å². The standard InChI is InChI=1S/C19H16N4S/c1-13-8-9-16(14(2)10-13)18-12-24-19(21-18)17(11-20)23-22-15-6-4-3-5-7-15/h3-10,12,22H,1-2H3/b23-17-. The van der Waals surface area contributed by atoms with Crippen LogP contribution in [0.5, 0.6) is 0 Å². The van der Waals surface area contributed by atoms with Gasteiger partial charge in [0.15, 0.2) is 10.7 Å². The fourth-order valence-electron chi connectivity index (χ4n) is 2.36. The number of anilines is 1. The molecule has 24 heavy (non-hydrogen) atoms. The lowest BCUT2D eigenvalue weighted by molar-refractivity contribution is 1.30. The maximum absolute atomic E-state index is 9.37. The second-order valence-corrected chi connectivity index (χ2v) is 6.26. The van der Waals surface area contributed by atoms with E-state index in [4.69, 9.17) is 0 Å². The van der Waals surface area contributed by atoms with E-state index >= 15 is 0 Å². The number of rotatable bonds is 4. The van der Waals surface area contributed by atoms with Gasteiger partial charge in [-0.25, -0.2) is 4.98 Å². The van der Waals surface area contributed by atoms with E-state index in [2.05, 4.69) is 53.6 Å². The lowest BCUT2D eigenvalue weighted by atomic mass is 10.0. The van der Waals surface area contributed by atoms with Gasteiger partial charge in [0.25, 0.3) is 0 Å². The van der Waals surface area contributed by atoms with E-state index in [1.54, 1.807) is 0 Å². The fraction of sp³-hybridized carbons (Fsp3) is 0.105. The van der Waals surface area contributed by atoms with E-state index in [1.807, 2.05) is 35.7 Å². The second-order valence-electron chi connectivity index (χ2n) is 5.41. The Hall–Kier alpha value is -2.97. The summed E-state index contributed by atoms with van der Waals surface area (Å²) < 4.78 is 0. The van der Waals surface area contributed by atoms with Crippen molar-refractivity contribution in [2.75, 3.05) is 5.43 Å². The maximum atomic E-state index is 9.37. The summed E-state index contributed by atoms with van der Waals surface area (Å²) in [5, 5.41) is 16.1. The molecule has 0 bridgehead atoms. The van der Waals surface area contributed by atoms with Crippen LogP contribution in [0.25, 0.3) is 11.3 Å². The lowest BCUT2D eigenvalue weighted by Gasteiger charge is -2.03. The number of benzene rings is 2. The first-order chi connectivity index (χ1) is 11.7. The monoisotopic (exact) mass is 332 g/mol. The normalized spacial score (nSPS) is 11.1. The van der Waals surface area contributed by atoms with Gasteiger partial charge in [-0.3, -0.25) is 5.43 Å². The van der Waals surface area contributed by atoms with Gasteiger partial charge in [-0.2, -0.15) is 10.4 Å². The Balaban J connectivity index is 1.87. The van der Waals surface area contributed by atoms with Crippen LogP contribution in [0, 0.1) is 25.2 Å². The van der Waals surface area contributed by atoms with Crippen LogP contribution in [-0.2, 0) is 0 Å². The summed E-state index contributed by atoms with van der Waals surface area (Å²) in [4.78, 5) is 4.58. The van der Waals surface area contributed by atoms with Gasteiger partial charge >= 0.3 is 0 Å². The largest absolute Gasteiger partial charge is 0.277 e. The number of aryl methyl sites for hydroxylation is 2. The number of hydrogen-bond donors (Lipinski definition) is 1. The summed E-state index contributed by atoms with van der Waals surface area (Å²) >= 11 is 1.42. The van der Waals surface area contributed by atoms with Crippen LogP contribution in [0.3, 0.4) is 0 Å². The number of nitrogens with zero attached hydrogens (tertiary/aromatic N) is 3. The van der Waals surface area contributed by atoms with E-state index in [-0.39, 0.29) is 5.71 Å². The Morgan fingerprint density at radius 1 is 1.17 bits per heavy atom. The molecule has 3 rings (SSSR count). The number of nitriles is 1. The van der Waals surface area contributed by atoms with E-state index < -0.39 is 0 Å². The Morgan fingerprint density at radius 2 is 1.96 bits per heavy atom. The van der Waals surface area contributed by atoms with Crippen molar-refractivity contribution >= 4 is 22.7 Å². The van der Waals surface area contributed by atoms with Gasteiger partial charge in [0.05, 0.1) is 11.4 Å². The number of aromatic nitrogens is 1. The van der Waals surface area contributed by atoms with Gasteiger partial charge in [-0.1, -0.05) is 42.0 Å². The molecule has 2 aromatic carbocycles. The minimum atomic E-state index is 0.278. The highest BCUT2D eigenvalue weighted by atomic mass is 32.1. The number of thiazole rings is 1. The molecule has 0 fully saturated rings. The maximum Gasteiger partial charge on any atom is 0.196 e. The van der Waals surface area contributed by atoms with Gasteiger partial charge in [-0.15, -0.1) is 11.3 Å². The lowest BCUT2D eigenvalue weighted by Crippen LogP contribution is -2.01. The molecule has 0 aliphatic heterocycles. The Morgan fingerprint density at radius 3 is 2.67 bits per heavy atom. The molecular formula is C19H16N4S. The third kappa shape index (κ3) is 3.50. The summed E-state index contributed by atoms with van der Waals surface area (Å²) in [6, 6.07) is 17.9. The Bertz CT molecular complexity index is 920. The van der Waals surface area contributed by atoms with Crippen molar-refractivity contribution < 1.29 is 0 Å². The zero-order valence-corrected chi connectivity index (χ0v) is 14.3. The van der Waals surface area contributed by atoms with E-state index in [9.17, 15) is 5.26 Å². The van der Waals surface area contributed by atoms with E-state index in [0.717, 1.165) is 16.9 Å². The van der Waals surface area contributed by atoms with Crippen molar-refractivity contribution in [3.8, 4) is 17.3 Å². The number of para-hydroxylation sites is 1. The van der Waals surface area contributed by atoms with E-state index in [1.165, 1.54) is 22.5 Å². The number of hydrogen-bond acceptors (Lipinski definition) is 5. The summed E-state index contributed by atoms with van der Waals surface area (Å²) in [6.45, 7) is 4.14. The van der Waals surface area contributed by atoms with Crippen molar-refractivity contribution in [2.24, 2.45) is 5.10 Å². The van der Waals surface area contributed by atoms with Crippen molar-refractivity contribution in [3.63, 3.8) is 0 Å². The Labute approximate surface area is 145 Å². The average Bonchev–Trinajstić information content (AvgIpc) is 3.06. The molecule has 5 heteroatoms. The smallest absolute Gasteiger partial charge is 0.196 e. The molecule has 3 aromatic rings. The highest BCUT2D eigenvalue weighted by Gasteiger charge is 2.12. The van der Waals surface area contributed by atoms with Crippen LogP contribution in [0.15, 0.2) is 59.0 Å². The molecule has 1 N–H and O–H groups in total. The fourth-order valence-corrected chi connectivity index (χ4v) is 3.12. The topological polar surface area (TPSA) is 61.1 Å². The minimum absolute atomic E-state index is 0.278. The predicted molar refractivity (Wildman–Crippen MR) is 99.2 cm³/mol. The molecule has 0 unspecified atom stereocenters. The summed E-state index contributed by atoms with van der Waals surface area (Å²) in [7, 11) is 0. The van der Waals surface area contributed by atoms with Gasteiger partial charge in [0, 0.05) is 10.9 Å². The van der Waals surface area contributed by atoms with Crippen LogP contribution in [0.1, 0.15) is 16.1 Å². The molecule has 118 valence electrons. The van der Waals surface area contributed by atoms with Crippen LogP contribution < -0.4 is 5.43 Å². The first-order valence-corrected chi connectivity index (χ1v) is 8.37. The quantitative estimate of drug-likeness (QED) is 0.553. The van der Waals surface area contributed by atoms with Crippen LogP contribution in [-0.4, -0.2) is 10.7 Å². The summed E-state index contributed by atoms with van der Waals surface area (Å²) in [5.41, 5.74) is 8.34. The third-order valence-corrected chi connectivity index (χ3v) is 4.39. The Kier molecular flexibility index (Phi) is 4.69. The molecule has 0 spiro atoms. The highest BCUT2D eigenvalue weighted by Crippen LogP contribution is 2.26. The first kappa shape index (κ1) is 15.9. The molecule has 1 aromatic heterocycles. The average molecular weight is 332 g/mol. The van der Waals surface area contributed by atoms with Crippen LogP contribution >= 0.6 is 11.3 Å². The third-order valence-electron chi connectivity index (χ3n) is 3.54. The number of hydrazone groups is 1. The van der Waals surface area contributed by atoms with Gasteiger partial charge < -0.3 is 0 Å². The van der Waals surface area contributed by atoms with Gasteiger partial charge in [0.1, 0.15) is 6.07 Å². The van der Waals surface area contributed by atoms with Gasteiger partial charge in [0.2, 0.25) is 0 Å². The van der Waals surface area contributed by atoms with Crippen molar-refractivity contribution in [3.05, 3.63) is 70.0 Å². The molecule has 0 aliphatic rings. The zero-order valence-electron chi connectivity index (χ0n) is 13.4. The molecule has 0 amide bonds. The molecule has 0 radical (unpaired) electrons. The van der Waals surface area contributed by atoms with Crippen molar-refractivity contribution in [1.82, 2.24) is 4.98 Å². The molecule has 0 saturated heterocycles. The molecular weight excluding hydrogens is 316 g/mol. The summed E-state index contributed by atoms with van der Waals surface area (Å²) in [6.07, 6.45) is 0. The highest BCUT2D eigenvalue weighted by molar-refractivity contribution is 7.12. The van der Waals surface area contributed by atoms with Crippen molar-refractivity contribution in [2.45, 2.75) is 13.8 Å². The minimum Gasteiger partial charge on any atom is -0.277 e. The zero-order chi connectivity index (χ0) is 16.9. The molecule has 4 nitrogen and oxygen atoms in total. The molecule has 0 saturated carbocycles. The summed E-state index contributed by atoms with van der Waals surface area (Å²) in [5.74, 6) is 0. The SMILES string of the molecule is Cc1ccc(-c2csc(/C(C#N)=N\Nc3ccccc3)n2)c(C)c1. The van der Waals surface area contributed by atoms with Crippen LogP contribution in [0.4, 0.5) is 5.69 Å². The van der Waals surface area contributed by atoms with Crippen LogP contribution in [0.2, 0.25) is 0 Å².